The lowest BCUT2D eigenvalue weighted by Gasteiger charge is -2.43. The molecule has 0 aliphatic carbocycles. The first-order chi connectivity index (χ1) is 36.9. The lowest BCUT2D eigenvalue weighted by Crippen LogP contribution is -2.66. The van der Waals surface area contributed by atoms with Crippen LogP contribution in [-0.4, -0.2) is 39.2 Å². The Morgan fingerprint density at radius 3 is 0.476 bits per heavy atom. The molecule has 0 aromatic heterocycles. The zero-order chi connectivity index (χ0) is 62.3. The van der Waals surface area contributed by atoms with Gasteiger partial charge in [-0.25, -0.2) is 7.26 Å². The van der Waals surface area contributed by atoms with E-state index in [1.807, 2.05) is 125 Å². The van der Waals surface area contributed by atoms with E-state index in [9.17, 15) is 16.8 Å². The third-order valence-corrected chi connectivity index (χ3v) is 24.9. The zero-order valence-electron chi connectivity index (χ0n) is 50.0. The summed E-state index contributed by atoms with van der Waals surface area (Å²) in [7, 11) is -24.0. The molecule has 0 aliphatic heterocycles. The van der Waals surface area contributed by atoms with Crippen LogP contribution in [0.5, 0.6) is 0 Å². The van der Waals surface area contributed by atoms with Crippen molar-refractivity contribution in [1.29, 1.82) is 0 Å². The molecule has 0 radical (unpaired) electrons. The summed E-state index contributed by atoms with van der Waals surface area (Å²) in [6.45, 7) is 33.3. The quantitative estimate of drug-likeness (QED) is 0.0952. The number of rotatable bonds is 15. The van der Waals surface area contributed by atoms with Crippen LogP contribution < -0.4 is 0 Å². The Labute approximate surface area is 485 Å². The van der Waals surface area contributed by atoms with Crippen molar-refractivity contribution in [1.82, 2.24) is 0 Å². The average Bonchev–Trinajstić information content (AvgIpc) is 1.39. The molecule has 0 spiro atoms. The van der Waals surface area contributed by atoms with Crippen molar-refractivity contribution >= 4 is 40.9 Å². The summed E-state index contributed by atoms with van der Waals surface area (Å²) < 4.78 is 206. The fourth-order valence-electron chi connectivity index (χ4n) is 8.97. The molecule has 6 aromatic rings. The van der Waals surface area contributed by atoms with E-state index in [0.717, 1.165) is 0 Å². The summed E-state index contributed by atoms with van der Waals surface area (Å²) in [5.41, 5.74) is 0.616. The fraction of sp³-hybridized carbons (Fsp3) is 0.438. The maximum Gasteiger partial charge on any atom is 0.439 e. The number of hydrogen-bond acceptors (Lipinski definition) is 6. The largest absolute Gasteiger partial charge is 0.439 e. The van der Waals surface area contributed by atoms with E-state index in [-0.39, 0.29) is 29.4 Å². The Kier molecular flexibility index (Phi) is 17.5. The highest BCUT2D eigenvalue weighted by Crippen LogP contribution is 2.74. The Bertz CT molecular complexity index is 2940. The molecule has 0 unspecified atom stereocenters. The minimum atomic E-state index is -7.78. The number of halogens is 8. The first-order valence-electron chi connectivity index (χ1n) is 26.7. The summed E-state index contributed by atoms with van der Waals surface area (Å²) in [5.74, 6) is -15.6. The van der Waals surface area contributed by atoms with Gasteiger partial charge in [0.1, 0.15) is 0 Å². The molecule has 0 saturated carbocycles. The van der Waals surface area contributed by atoms with Gasteiger partial charge >= 0.3 is 42.6 Å². The zero-order valence-corrected chi connectivity index (χ0v) is 53.2. The molecule has 6 nitrogen and oxygen atoms in total. The normalized spacial score (nSPS) is 14.9. The van der Waals surface area contributed by atoms with E-state index < -0.39 is 95.7 Å². The van der Waals surface area contributed by atoms with E-state index >= 15 is 35.1 Å². The number of alkyl halides is 8. The van der Waals surface area contributed by atoms with E-state index in [0.29, 0.717) is 33.4 Å². The van der Waals surface area contributed by atoms with Gasteiger partial charge in [-0.15, -0.1) is 0 Å². The topological polar surface area (TPSA) is 86.7 Å². The monoisotopic (exact) mass is 1220 g/mol. The minimum absolute atomic E-state index is 0.191. The molecule has 0 saturated heterocycles. The van der Waals surface area contributed by atoms with Gasteiger partial charge in [-0.05, 0) is 159 Å². The first-order valence-corrected chi connectivity index (χ1v) is 32.6. The molecule has 0 N–H and O–H groups in total. The van der Waals surface area contributed by atoms with Crippen molar-refractivity contribution in [3.05, 3.63) is 179 Å². The first kappa shape index (κ1) is 66.4. The van der Waals surface area contributed by atoms with Gasteiger partial charge < -0.3 is 0 Å². The van der Waals surface area contributed by atoms with E-state index in [4.69, 9.17) is 7.26 Å². The summed E-state index contributed by atoms with van der Waals surface area (Å²) in [6, 6.07) is 34.4. The Balaban J connectivity index is 1.60. The summed E-state index contributed by atoms with van der Waals surface area (Å²) >= 11 is 0. The van der Waals surface area contributed by atoms with Gasteiger partial charge in [-0.2, -0.15) is 52.0 Å². The van der Waals surface area contributed by atoms with Crippen molar-refractivity contribution in [2.24, 2.45) is 0 Å². The maximum atomic E-state index is 17.2. The molecular formula is C64H78F8O6S4. The Hall–Kier alpha value is -4.72. The molecule has 0 aliphatic rings. The second-order valence-electron chi connectivity index (χ2n) is 27.0. The highest BCUT2D eigenvalue weighted by atomic mass is 32.3. The van der Waals surface area contributed by atoms with Gasteiger partial charge in [0.2, 0.25) is 0 Å². The van der Waals surface area contributed by atoms with Crippen LogP contribution in [0.2, 0.25) is 0 Å². The van der Waals surface area contributed by atoms with Gasteiger partial charge in [-0.1, -0.05) is 197 Å². The third-order valence-electron chi connectivity index (χ3n) is 14.5. The molecule has 0 bridgehead atoms. The molecule has 0 atom stereocenters. The Morgan fingerprint density at radius 1 is 0.244 bits per heavy atom. The van der Waals surface area contributed by atoms with Crippen molar-refractivity contribution in [3.63, 3.8) is 0 Å². The summed E-state index contributed by atoms with van der Waals surface area (Å²) in [4.78, 5) is -1.14. The summed E-state index contributed by atoms with van der Waals surface area (Å²) in [5, 5.41) is -14.6. The van der Waals surface area contributed by atoms with Crippen LogP contribution in [0.15, 0.2) is 175 Å². The second-order valence-corrected chi connectivity index (χ2v) is 36.0. The molecule has 6 rings (SSSR count). The molecule has 0 fully saturated rings. The lowest BCUT2D eigenvalue weighted by atomic mass is 9.87. The molecule has 0 amide bonds. The fourth-order valence-corrected chi connectivity index (χ4v) is 19.3. The lowest BCUT2D eigenvalue weighted by molar-refractivity contribution is -0.327. The van der Waals surface area contributed by atoms with Crippen LogP contribution in [0.25, 0.3) is 0 Å². The van der Waals surface area contributed by atoms with Crippen molar-refractivity contribution in [2.45, 2.75) is 209 Å². The Morgan fingerprint density at radius 2 is 0.366 bits per heavy atom. The number of hydrogen-bond donors (Lipinski definition) is 0. The standard InChI is InChI=1S/C64H78F8O6S4/c1-55(2,3)43-19-31-49(32-20-43)79(50-33-21-44(22-34-50)56(4,5)6,51-35-23-45(24-36-51)57(7,8)9)77-81(73,74)63(69,70)61(65,66)62(67,68)64(71,72)82(75,76)78-80(52-37-25-46(26-38-52)58(10,11)12,53-39-27-47(28-40-53)59(13,14)15)54-41-29-48(30-42-54)60(16,17)18/h19-42H,1-18H3. The molecule has 82 heavy (non-hydrogen) atoms. The van der Waals surface area contributed by atoms with Crippen LogP contribution in [0.1, 0.15) is 158 Å². The SMILES string of the molecule is CC(C)(C)c1ccc(S(OS(=O)(=O)C(F)(F)C(F)(F)C(F)(F)C(F)(F)S(=O)(=O)OS(c2ccc(C(C)(C)C)cc2)(c2ccc(C(C)(C)C)cc2)c2ccc(C(C)(C)C)cc2)(c2ccc(C(C)(C)C)cc2)c2ccc(C(C)(C)C)cc2)cc1. The van der Waals surface area contributed by atoms with E-state index in [1.165, 1.54) is 146 Å². The number of benzene rings is 6. The van der Waals surface area contributed by atoms with Gasteiger partial charge in [0.25, 0.3) is 0 Å². The predicted octanol–water partition coefficient (Wildman–Crippen LogP) is 19.7. The van der Waals surface area contributed by atoms with Crippen LogP contribution in [-0.2, 0) is 60.0 Å². The third kappa shape index (κ3) is 12.2. The van der Waals surface area contributed by atoms with E-state index in [2.05, 4.69) is 0 Å². The van der Waals surface area contributed by atoms with Gasteiger partial charge in [0.15, 0.2) is 0 Å². The predicted molar refractivity (Wildman–Crippen MR) is 315 cm³/mol. The molecular weight excluding hydrogens is 1140 g/mol. The van der Waals surface area contributed by atoms with Crippen molar-refractivity contribution in [3.8, 4) is 0 Å². The van der Waals surface area contributed by atoms with Crippen LogP contribution >= 0.6 is 20.6 Å². The smallest absolute Gasteiger partial charge is 0.202 e. The molecule has 18 heteroatoms. The van der Waals surface area contributed by atoms with Crippen molar-refractivity contribution in [2.75, 3.05) is 0 Å². The van der Waals surface area contributed by atoms with Gasteiger partial charge in [0.05, 0.1) is 0 Å². The van der Waals surface area contributed by atoms with Crippen LogP contribution in [0, 0.1) is 0 Å². The molecule has 6 aromatic carbocycles. The van der Waals surface area contributed by atoms with Gasteiger partial charge in [-0.3, -0.25) is 0 Å². The molecule has 450 valence electrons. The summed E-state index contributed by atoms with van der Waals surface area (Å²) in [6.07, 6.45) is 0. The average molecular weight is 1220 g/mol. The second kappa shape index (κ2) is 21.7. The van der Waals surface area contributed by atoms with Crippen molar-refractivity contribution < 1.29 is 59.2 Å². The van der Waals surface area contributed by atoms with E-state index in [1.54, 1.807) is 0 Å². The van der Waals surface area contributed by atoms with Crippen LogP contribution in [0.4, 0.5) is 35.1 Å². The highest BCUT2D eigenvalue weighted by molar-refractivity contribution is 8.33. The highest BCUT2D eigenvalue weighted by Gasteiger charge is 2.88. The van der Waals surface area contributed by atoms with Crippen LogP contribution in [0.3, 0.4) is 0 Å². The molecule has 0 heterocycles. The minimum Gasteiger partial charge on any atom is -0.202 e. The maximum absolute atomic E-state index is 17.2. The van der Waals surface area contributed by atoms with Gasteiger partial charge in [0, 0.05) is 29.4 Å².